The van der Waals surface area contributed by atoms with E-state index in [-0.39, 0.29) is 0 Å². The first-order valence-electron chi connectivity index (χ1n) is 9.53. The van der Waals surface area contributed by atoms with Crippen LogP contribution in [0, 0.1) is 0 Å². The molecule has 0 N–H and O–H groups in total. The third-order valence-electron chi connectivity index (χ3n) is 6.18. The summed E-state index contributed by atoms with van der Waals surface area (Å²) in [6.07, 6.45) is -1.10. The van der Waals surface area contributed by atoms with E-state index >= 15 is 0 Å². The maximum absolute atomic E-state index is 2.42. The fourth-order valence-corrected chi connectivity index (χ4v) is 8.43. The Hall–Kier alpha value is -1.92. The van der Waals surface area contributed by atoms with Crippen LogP contribution >= 0.6 is 34.0 Å². The Morgan fingerprint density at radius 2 is 1.32 bits per heavy atom. The SMILES string of the molecule is C[N+]1(C)CC(c2ccccc2)=C(c2cccs2)[B-]1(c1cccs1)c1cccs1. The Balaban J connectivity index is 1.92. The van der Waals surface area contributed by atoms with E-state index in [1.54, 1.807) is 0 Å². The first kappa shape index (κ1) is 18.1. The summed E-state index contributed by atoms with van der Waals surface area (Å²) in [5, 5.41) is 6.69. The molecule has 0 saturated heterocycles. The molecule has 0 fully saturated rings. The third-order valence-corrected chi connectivity index (χ3v) is 9.16. The molecule has 140 valence electrons. The molecule has 0 aliphatic carbocycles. The average Bonchev–Trinajstić information content (AvgIpc) is 3.48. The molecule has 4 heterocycles. The second-order valence-electron chi connectivity index (χ2n) is 8.02. The highest BCUT2D eigenvalue weighted by Crippen LogP contribution is 2.46. The minimum atomic E-state index is -1.10. The van der Waals surface area contributed by atoms with E-state index < -0.39 is 6.28 Å². The van der Waals surface area contributed by atoms with Crippen molar-refractivity contribution in [2.45, 2.75) is 0 Å². The van der Waals surface area contributed by atoms with E-state index in [9.17, 15) is 0 Å². The van der Waals surface area contributed by atoms with E-state index in [2.05, 4.69) is 97.0 Å². The van der Waals surface area contributed by atoms with E-state index in [1.165, 1.54) is 31.0 Å². The lowest BCUT2D eigenvalue weighted by Crippen LogP contribution is -2.74. The second kappa shape index (κ2) is 6.85. The van der Waals surface area contributed by atoms with Gasteiger partial charge in [-0.15, -0.1) is 16.8 Å². The van der Waals surface area contributed by atoms with Crippen molar-refractivity contribution in [1.82, 2.24) is 0 Å². The zero-order valence-electron chi connectivity index (χ0n) is 16.0. The number of thiophene rings is 3. The summed E-state index contributed by atoms with van der Waals surface area (Å²) >= 11 is 5.69. The van der Waals surface area contributed by atoms with Crippen molar-refractivity contribution in [3.8, 4) is 0 Å². The lowest BCUT2D eigenvalue weighted by molar-refractivity contribution is -0.774. The molecule has 3 aromatic heterocycles. The van der Waals surface area contributed by atoms with Gasteiger partial charge in [0.05, 0.1) is 6.54 Å². The summed E-state index contributed by atoms with van der Waals surface area (Å²) in [6.45, 7) is 1.03. The number of nitrogens with zero attached hydrogens (tertiary/aromatic N) is 1. The number of quaternary nitrogens is 1. The van der Waals surface area contributed by atoms with Crippen molar-refractivity contribution >= 4 is 60.9 Å². The van der Waals surface area contributed by atoms with Crippen LogP contribution in [0.3, 0.4) is 0 Å². The number of rotatable bonds is 4. The molecule has 0 radical (unpaired) electrons. The molecule has 1 aromatic carbocycles. The number of likely N-dealkylation sites (N-methyl/N-ethyl adjacent to an activating group) is 1. The van der Waals surface area contributed by atoms with Crippen LogP contribution in [0.1, 0.15) is 10.4 Å². The summed E-state index contributed by atoms with van der Waals surface area (Å²) in [4.78, 5) is 1.41. The molecule has 1 nitrogen and oxygen atoms in total. The predicted octanol–water partition coefficient (Wildman–Crippen LogP) is 5.17. The second-order valence-corrected chi connectivity index (χ2v) is 10.9. The van der Waals surface area contributed by atoms with Crippen molar-refractivity contribution in [1.29, 1.82) is 0 Å². The van der Waals surface area contributed by atoms with Crippen LogP contribution in [0.25, 0.3) is 11.0 Å². The Morgan fingerprint density at radius 3 is 1.86 bits per heavy atom. The highest BCUT2D eigenvalue weighted by molar-refractivity contribution is 7.39. The summed E-state index contributed by atoms with van der Waals surface area (Å²) < 4.78 is 3.93. The minimum Gasteiger partial charge on any atom is -0.504 e. The van der Waals surface area contributed by atoms with Gasteiger partial charge in [-0.05, 0) is 38.2 Å². The van der Waals surface area contributed by atoms with Crippen LogP contribution < -0.4 is 9.55 Å². The maximum atomic E-state index is 2.42. The fraction of sp³-hybridized carbons (Fsp3) is 0.130. The van der Waals surface area contributed by atoms with Crippen molar-refractivity contribution in [2.75, 3.05) is 20.6 Å². The molecule has 1 aliphatic heterocycles. The molecule has 0 spiro atoms. The topological polar surface area (TPSA) is 0 Å². The Labute approximate surface area is 178 Å². The summed E-state index contributed by atoms with van der Waals surface area (Å²) in [5.41, 5.74) is 4.39. The molecular weight excluding hydrogens is 397 g/mol. The standard InChI is InChI=1S/C23H22BNS3/c1-25(2)17-19(18-9-4-3-5-10-18)23(20-11-6-14-26-20)24(25,21-12-7-15-27-21)22-13-8-16-28-22/h3-16H,17H2,1-2H3. The predicted molar refractivity (Wildman–Crippen MR) is 128 cm³/mol. The third kappa shape index (κ3) is 2.54. The van der Waals surface area contributed by atoms with Crippen LogP contribution in [0.4, 0.5) is 0 Å². The van der Waals surface area contributed by atoms with Gasteiger partial charge in [0.1, 0.15) is 0 Å². The van der Waals surface area contributed by atoms with Crippen LogP contribution in [0.5, 0.6) is 0 Å². The van der Waals surface area contributed by atoms with Gasteiger partial charge in [-0.25, -0.2) is 0 Å². The van der Waals surface area contributed by atoms with Gasteiger partial charge in [0.2, 0.25) is 0 Å². The zero-order valence-corrected chi connectivity index (χ0v) is 18.5. The van der Waals surface area contributed by atoms with Gasteiger partial charge in [0.15, 0.2) is 0 Å². The maximum Gasteiger partial charge on any atom is 0.311 e. The van der Waals surface area contributed by atoms with Crippen molar-refractivity contribution < 1.29 is 4.39 Å². The van der Waals surface area contributed by atoms with E-state index in [0.29, 0.717) is 0 Å². The summed E-state index contributed by atoms with van der Waals surface area (Å²) in [7, 11) is 4.84. The molecule has 5 rings (SSSR count). The number of benzene rings is 1. The average molecular weight is 419 g/mol. The molecule has 1 aliphatic rings. The molecular formula is C23H22BNS3. The van der Waals surface area contributed by atoms with Gasteiger partial charge in [0.25, 0.3) is 0 Å². The first-order chi connectivity index (χ1) is 13.6. The lowest BCUT2D eigenvalue weighted by atomic mass is 9.27. The van der Waals surface area contributed by atoms with Gasteiger partial charge in [-0.3, -0.25) is 0 Å². The zero-order chi connectivity index (χ0) is 19.2. The Morgan fingerprint density at radius 1 is 0.714 bits per heavy atom. The van der Waals surface area contributed by atoms with Crippen LogP contribution in [0.15, 0.2) is 82.9 Å². The normalized spacial score (nSPS) is 17.9. The molecule has 0 bridgehead atoms. The van der Waals surface area contributed by atoms with E-state index in [0.717, 1.165) is 10.9 Å². The Kier molecular flexibility index (Phi) is 4.44. The molecule has 5 heteroatoms. The Bertz CT molecular complexity index is 1060. The van der Waals surface area contributed by atoms with E-state index in [1.807, 2.05) is 34.0 Å². The van der Waals surface area contributed by atoms with Crippen molar-refractivity contribution in [3.63, 3.8) is 0 Å². The highest BCUT2D eigenvalue weighted by Gasteiger charge is 2.55. The van der Waals surface area contributed by atoms with Crippen molar-refractivity contribution in [2.24, 2.45) is 0 Å². The molecule has 0 saturated carbocycles. The fourth-order valence-electron chi connectivity index (χ4n) is 5.08. The summed E-state index contributed by atoms with van der Waals surface area (Å²) in [6, 6.07) is 24.6. The van der Waals surface area contributed by atoms with Crippen LogP contribution in [-0.4, -0.2) is 31.3 Å². The quantitative estimate of drug-likeness (QED) is 0.401. The van der Waals surface area contributed by atoms with E-state index in [4.69, 9.17) is 0 Å². The largest absolute Gasteiger partial charge is 0.504 e. The minimum absolute atomic E-state index is 0.957. The van der Waals surface area contributed by atoms with Gasteiger partial charge in [-0.2, -0.15) is 22.7 Å². The number of hydrogen-bond donors (Lipinski definition) is 0. The summed E-state index contributed by atoms with van der Waals surface area (Å²) in [5.74, 6) is 0. The number of hydrogen-bond acceptors (Lipinski definition) is 3. The van der Waals surface area contributed by atoms with Crippen molar-refractivity contribution in [3.05, 3.63) is 93.3 Å². The van der Waals surface area contributed by atoms with Gasteiger partial charge < -0.3 is 4.39 Å². The van der Waals surface area contributed by atoms with Crippen LogP contribution in [-0.2, 0) is 0 Å². The molecule has 4 aromatic rings. The van der Waals surface area contributed by atoms with Gasteiger partial charge in [0, 0.05) is 14.1 Å². The van der Waals surface area contributed by atoms with Gasteiger partial charge >= 0.3 is 6.28 Å². The van der Waals surface area contributed by atoms with Gasteiger partial charge in [-0.1, -0.05) is 70.2 Å². The first-order valence-corrected chi connectivity index (χ1v) is 12.2. The lowest BCUT2D eigenvalue weighted by Gasteiger charge is -2.51. The molecule has 0 atom stereocenters. The highest BCUT2D eigenvalue weighted by atomic mass is 32.1. The molecule has 28 heavy (non-hydrogen) atoms. The van der Waals surface area contributed by atoms with Crippen LogP contribution in [0.2, 0.25) is 0 Å². The molecule has 0 unspecified atom stereocenters. The monoisotopic (exact) mass is 419 g/mol. The molecule has 0 amide bonds. The smallest absolute Gasteiger partial charge is 0.311 e.